The molecule has 226 valence electrons. The topological polar surface area (TPSA) is 35.5 Å². The molecule has 0 aromatic heterocycles. The van der Waals surface area contributed by atoms with Crippen LogP contribution in [0.5, 0.6) is 11.5 Å². The average Bonchev–Trinajstić information content (AvgIpc) is 3.11. The Morgan fingerprint density at radius 1 is 0.609 bits per heavy atom. The summed E-state index contributed by atoms with van der Waals surface area (Å²) in [5, 5.41) is 3.80. The van der Waals surface area contributed by atoms with Gasteiger partial charge in [-0.15, -0.1) is 0 Å². The van der Waals surface area contributed by atoms with Crippen molar-refractivity contribution in [3.63, 3.8) is 0 Å². The summed E-state index contributed by atoms with van der Waals surface area (Å²) in [5.41, 5.74) is 4.69. The molecule has 0 aliphatic heterocycles. The first kappa shape index (κ1) is 30.8. The first-order valence-electron chi connectivity index (χ1n) is 15.5. The maximum Gasteiger partial charge on any atom is 0.334 e. The van der Waals surface area contributed by atoms with Gasteiger partial charge in [-0.3, -0.25) is 0 Å². The van der Waals surface area contributed by atoms with Crippen molar-refractivity contribution >= 4 is 35.9 Å². The fourth-order valence-electron chi connectivity index (χ4n) is 5.51. The molecule has 46 heavy (non-hydrogen) atoms. The maximum absolute atomic E-state index is 13.4. The van der Waals surface area contributed by atoms with Gasteiger partial charge in [0.15, 0.2) is 0 Å². The zero-order valence-corrected chi connectivity index (χ0v) is 26.6. The lowest BCUT2D eigenvalue weighted by molar-refractivity contribution is -0.138. The molecule has 0 bridgehead atoms. The number of para-hydroxylation sites is 1. The van der Waals surface area contributed by atoms with Gasteiger partial charge in [-0.1, -0.05) is 140 Å². The highest BCUT2D eigenvalue weighted by atomic mass is 31.1. The molecule has 6 aromatic carbocycles. The van der Waals surface area contributed by atoms with Crippen LogP contribution in [0.25, 0.3) is 17.2 Å². The predicted octanol–water partition coefficient (Wildman–Crippen LogP) is 9.09. The smallest absolute Gasteiger partial charge is 0.334 e. The minimum atomic E-state index is -0.866. The van der Waals surface area contributed by atoms with Crippen molar-refractivity contribution in [1.82, 2.24) is 0 Å². The van der Waals surface area contributed by atoms with Gasteiger partial charge in [0.25, 0.3) is 0 Å². The molecule has 0 atom stereocenters. The van der Waals surface area contributed by atoms with E-state index in [1.807, 2.05) is 79.7 Å². The molecule has 0 N–H and O–H groups in total. The Morgan fingerprint density at radius 3 is 1.80 bits per heavy atom. The van der Waals surface area contributed by atoms with Crippen molar-refractivity contribution in [2.45, 2.75) is 13.3 Å². The van der Waals surface area contributed by atoms with Crippen molar-refractivity contribution in [2.75, 3.05) is 6.61 Å². The summed E-state index contributed by atoms with van der Waals surface area (Å²) in [6, 6.07) is 55.9. The first-order valence-corrected chi connectivity index (χ1v) is 16.8. The normalized spacial score (nSPS) is 11.3. The lowest BCUT2D eigenvalue weighted by atomic mass is 9.93. The van der Waals surface area contributed by atoms with E-state index in [1.165, 1.54) is 15.9 Å². The first-order chi connectivity index (χ1) is 22.7. The van der Waals surface area contributed by atoms with E-state index >= 15 is 0 Å². The van der Waals surface area contributed by atoms with Gasteiger partial charge in [-0.2, -0.15) is 0 Å². The maximum atomic E-state index is 13.4. The van der Waals surface area contributed by atoms with Crippen molar-refractivity contribution in [3.05, 3.63) is 180 Å². The monoisotopic (exact) mass is 618 g/mol. The summed E-state index contributed by atoms with van der Waals surface area (Å²) in [6.45, 7) is 2.14. The van der Waals surface area contributed by atoms with Gasteiger partial charge in [-0.05, 0) is 83.4 Å². The fourth-order valence-corrected chi connectivity index (χ4v) is 7.97. The van der Waals surface area contributed by atoms with E-state index in [0.717, 1.165) is 28.0 Å². The average molecular weight is 619 g/mol. The molecule has 0 saturated heterocycles. The van der Waals surface area contributed by atoms with Crippen LogP contribution in [0.3, 0.4) is 0 Å². The lowest BCUT2D eigenvalue weighted by Crippen LogP contribution is -2.22. The van der Waals surface area contributed by atoms with E-state index in [4.69, 9.17) is 9.47 Å². The highest BCUT2D eigenvalue weighted by Gasteiger charge is 2.23. The van der Waals surface area contributed by atoms with Crippen molar-refractivity contribution in [3.8, 4) is 22.6 Å². The number of esters is 1. The zero-order chi connectivity index (χ0) is 31.6. The number of benzene rings is 6. The summed E-state index contributed by atoms with van der Waals surface area (Å²) in [5.74, 6) is 1.14. The summed E-state index contributed by atoms with van der Waals surface area (Å²) >= 11 is 0. The Hall–Kier alpha value is -5.24. The van der Waals surface area contributed by atoms with Crippen LogP contribution >= 0.6 is 7.92 Å². The molecule has 6 rings (SSSR count). The standard InChI is InChI=1S/C42H35O3P/c1-2-44-42(43)34(29-32-17-7-3-8-18-32)30-33-31-36(45-35-19-9-4-10-20-35)27-28-39(33)40-25-15-16-26-41(40)46(37-21-11-5-12-22-37)38-23-13-6-14-24-38/h3-29,31H,2,30H2,1H3/b34-29+. The van der Waals surface area contributed by atoms with Crippen LogP contribution in [-0.4, -0.2) is 12.6 Å². The van der Waals surface area contributed by atoms with Crippen LogP contribution in [0.1, 0.15) is 18.1 Å². The van der Waals surface area contributed by atoms with Crippen LogP contribution in [0.15, 0.2) is 169 Å². The molecule has 0 aliphatic rings. The van der Waals surface area contributed by atoms with Crippen molar-refractivity contribution in [2.24, 2.45) is 0 Å². The van der Waals surface area contributed by atoms with Gasteiger partial charge in [0.1, 0.15) is 11.5 Å². The molecule has 0 spiro atoms. The van der Waals surface area contributed by atoms with Gasteiger partial charge in [0.05, 0.1) is 6.61 Å². The third-order valence-corrected chi connectivity index (χ3v) is 10.1. The summed E-state index contributed by atoms with van der Waals surface area (Å²) in [4.78, 5) is 13.4. The minimum absolute atomic E-state index is 0.302. The number of carbonyl (C=O) groups is 1. The van der Waals surface area contributed by atoms with E-state index in [2.05, 4.69) is 97.1 Å². The number of hydrogen-bond donors (Lipinski definition) is 0. The lowest BCUT2D eigenvalue weighted by Gasteiger charge is -2.24. The molecule has 3 nitrogen and oxygen atoms in total. The van der Waals surface area contributed by atoms with Crippen LogP contribution in [0, 0.1) is 0 Å². The SMILES string of the molecule is CCOC(=O)/C(=C/c1ccccc1)Cc1cc(Oc2ccccc2)ccc1-c1ccccc1P(c1ccccc1)c1ccccc1. The van der Waals surface area contributed by atoms with Gasteiger partial charge in [0, 0.05) is 12.0 Å². The van der Waals surface area contributed by atoms with E-state index in [-0.39, 0.29) is 5.97 Å². The Labute approximate surface area is 272 Å². The molecule has 0 heterocycles. The molecular weight excluding hydrogens is 583 g/mol. The van der Waals surface area contributed by atoms with Crippen molar-refractivity contribution in [1.29, 1.82) is 0 Å². The summed E-state index contributed by atoms with van der Waals surface area (Å²) < 4.78 is 11.9. The number of ether oxygens (including phenoxy) is 2. The minimum Gasteiger partial charge on any atom is -0.463 e. The predicted molar refractivity (Wildman–Crippen MR) is 192 cm³/mol. The second-order valence-electron chi connectivity index (χ2n) is 10.7. The second-order valence-corrected chi connectivity index (χ2v) is 12.9. The van der Waals surface area contributed by atoms with Crippen LogP contribution < -0.4 is 20.7 Å². The molecule has 0 unspecified atom stereocenters. The molecule has 4 heteroatoms. The van der Waals surface area contributed by atoms with Gasteiger partial charge in [0.2, 0.25) is 0 Å². The Morgan fingerprint density at radius 2 is 1.17 bits per heavy atom. The van der Waals surface area contributed by atoms with Gasteiger partial charge >= 0.3 is 5.97 Å². The Balaban J connectivity index is 1.51. The molecule has 0 amide bonds. The van der Waals surface area contributed by atoms with E-state index < -0.39 is 7.92 Å². The molecule has 0 aliphatic carbocycles. The van der Waals surface area contributed by atoms with E-state index in [0.29, 0.717) is 24.4 Å². The third kappa shape index (κ3) is 7.51. The summed E-state index contributed by atoms with van der Waals surface area (Å²) in [6.07, 6.45) is 2.30. The van der Waals surface area contributed by atoms with Crippen molar-refractivity contribution < 1.29 is 14.3 Å². The highest BCUT2D eigenvalue weighted by molar-refractivity contribution is 7.80. The molecule has 0 saturated carbocycles. The summed E-state index contributed by atoms with van der Waals surface area (Å²) in [7, 11) is -0.866. The fraction of sp³-hybridized carbons (Fsp3) is 0.0714. The zero-order valence-electron chi connectivity index (χ0n) is 25.8. The molecule has 0 radical (unpaired) electrons. The second kappa shape index (κ2) is 15.2. The number of hydrogen-bond acceptors (Lipinski definition) is 3. The highest BCUT2D eigenvalue weighted by Crippen LogP contribution is 2.39. The molecule has 6 aromatic rings. The van der Waals surface area contributed by atoms with E-state index in [9.17, 15) is 4.79 Å². The molecular formula is C42H35O3P. The van der Waals surface area contributed by atoms with Crippen LogP contribution in [0.4, 0.5) is 0 Å². The van der Waals surface area contributed by atoms with E-state index in [1.54, 1.807) is 0 Å². The van der Waals surface area contributed by atoms with Crippen LogP contribution in [0.2, 0.25) is 0 Å². The Bertz CT molecular complexity index is 1860. The quantitative estimate of drug-likeness (QED) is 0.0826. The van der Waals surface area contributed by atoms with Gasteiger partial charge < -0.3 is 9.47 Å². The number of rotatable bonds is 11. The third-order valence-electron chi connectivity index (χ3n) is 7.58. The largest absolute Gasteiger partial charge is 0.463 e. The van der Waals surface area contributed by atoms with Gasteiger partial charge in [-0.25, -0.2) is 4.79 Å². The van der Waals surface area contributed by atoms with Crippen LogP contribution in [-0.2, 0) is 16.0 Å². The number of carbonyl (C=O) groups excluding carboxylic acids is 1. The molecule has 0 fully saturated rings. The Kier molecular flexibility index (Phi) is 10.1.